The van der Waals surface area contributed by atoms with E-state index in [1.54, 1.807) is 0 Å². The zero-order valence-corrected chi connectivity index (χ0v) is 7.37. The maximum atomic E-state index is 10.4. The Labute approximate surface area is 79.0 Å². The fourth-order valence-electron chi connectivity index (χ4n) is 1.12. The molecule has 0 saturated carbocycles. The molecule has 0 fully saturated rings. The molecule has 1 aliphatic rings. The van der Waals surface area contributed by atoms with Crippen LogP contribution in [0.15, 0.2) is 23.6 Å². The van der Waals surface area contributed by atoms with Gasteiger partial charge in [0.25, 0.3) is 5.70 Å². The predicted octanol–water partition coefficient (Wildman–Crippen LogP) is 0.726. The van der Waals surface area contributed by atoms with Gasteiger partial charge in [0.15, 0.2) is 0 Å². The van der Waals surface area contributed by atoms with Crippen LogP contribution in [0.4, 0.5) is 0 Å². The highest BCUT2D eigenvalue weighted by molar-refractivity contribution is 5.22. The van der Waals surface area contributed by atoms with Gasteiger partial charge in [0, 0.05) is 11.0 Å². The third-order valence-electron chi connectivity index (χ3n) is 1.82. The van der Waals surface area contributed by atoms with Gasteiger partial charge in [0.2, 0.25) is 6.04 Å². The molecule has 0 aromatic carbocycles. The van der Waals surface area contributed by atoms with E-state index >= 15 is 0 Å². The number of methoxy groups -OCH3 is 1. The molecule has 1 rings (SSSR count). The largest absolute Gasteiger partial charge is 0.497 e. The summed E-state index contributed by atoms with van der Waals surface area (Å²) in [7, 11) is 1.31. The third-order valence-corrected chi connectivity index (χ3v) is 1.82. The van der Waals surface area contributed by atoms with Gasteiger partial charge < -0.3 is 4.74 Å². The summed E-state index contributed by atoms with van der Waals surface area (Å²) in [4.78, 5) is 19.6. The van der Waals surface area contributed by atoms with Crippen molar-refractivity contribution in [3.05, 3.63) is 43.8 Å². The van der Waals surface area contributed by atoms with Gasteiger partial charge in [-0.25, -0.2) is 0 Å². The van der Waals surface area contributed by atoms with E-state index in [9.17, 15) is 20.2 Å². The minimum Gasteiger partial charge on any atom is -0.497 e. The van der Waals surface area contributed by atoms with E-state index in [2.05, 4.69) is 0 Å². The van der Waals surface area contributed by atoms with Gasteiger partial charge in [-0.1, -0.05) is 0 Å². The summed E-state index contributed by atoms with van der Waals surface area (Å²) < 4.78 is 4.73. The Hall–Kier alpha value is -1.92. The van der Waals surface area contributed by atoms with E-state index in [1.165, 1.54) is 19.3 Å². The van der Waals surface area contributed by atoms with E-state index in [0.717, 1.165) is 0 Å². The Morgan fingerprint density at radius 2 is 2.14 bits per heavy atom. The lowest BCUT2D eigenvalue weighted by Crippen LogP contribution is -2.23. The number of hydrogen-bond acceptors (Lipinski definition) is 5. The van der Waals surface area contributed by atoms with Gasteiger partial charge in [0.1, 0.15) is 12.2 Å². The predicted molar refractivity (Wildman–Crippen MR) is 45.6 cm³/mol. The highest BCUT2D eigenvalue weighted by Crippen LogP contribution is 2.20. The number of allylic oxidation sites excluding steroid dienone is 1. The number of rotatable bonds is 3. The quantitative estimate of drug-likeness (QED) is 0.494. The van der Waals surface area contributed by atoms with Gasteiger partial charge in [0.05, 0.1) is 18.1 Å². The molecule has 0 spiro atoms. The van der Waals surface area contributed by atoms with Crippen LogP contribution in [0.1, 0.15) is 6.42 Å². The molecule has 7 nitrogen and oxygen atoms in total. The molecule has 0 saturated heterocycles. The second-order valence-corrected chi connectivity index (χ2v) is 2.72. The number of ether oxygens (including phenoxy) is 1. The van der Waals surface area contributed by atoms with Crippen LogP contribution in [-0.2, 0) is 4.74 Å². The fourth-order valence-corrected chi connectivity index (χ4v) is 1.12. The third kappa shape index (κ3) is 2.06. The standard InChI is InChI=1S/C7H8N2O5/c1-14-7-3-5(8(10)11)2-6(4-7)9(12)13/h3-5H,2H2,1H3. The molecule has 1 aliphatic carbocycles. The van der Waals surface area contributed by atoms with Crippen LogP contribution in [-0.4, -0.2) is 23.0 Å². The molecule has 0 radical (unpaired) electrons. The van der Waals surface area contributed by atoms with Crippen molar-refractivity contribution in [1.82, 2.24) is 0 Å². The van der Waals surface area contributed by atoms with Crippen LogP contribution < -0.4 is 0 Å². The first kappa shape index (κ1) is 10.2. The Kier molecular flexibility index (Phi) is 2.80. The van der Waals surface area contributed by atoms with Gasteiger partial charge in [-0.05, 0) is 0 Å². The second kappa shape index (κ2) is 3.86. The zero-order chi connectivity index (χ0) is 10.7. The molecule has 0 amide bonds. The van der Waals surface area contributed by atoms with Gasteiger partial charge >= 0.3 is 0 Å². The zero-order valence-electron chi connectivity index (χ0n) is 7.37. The van der Waals surface area contributed by atoms with Crippen LogP contribution in [0.3, 0.4) is 0 Å². The lowest BCUT2D eigenvalue weighted by Gasteiger charge is -2.10. The minimum absolute atomic E-state index is 0.157. The van der Waals surface area contributed by atoms with Crippen LogP contribution in [0.5, 0.6) is 0 Å². The molecular formula is C7H8N2O5. The average Bonchev–Trinajstić information content (AvgIpc) is 2.16. The minimum atomic E-state index is -1.07. The fraction of sp³-hybridized carbons (Fsp3) is 0.429. The SMILES string of the molecule is COC1=CC([N+](=O)[O-])CC([N+](=O)[O-])=C1. The number of nitrogens with zero attached hydrogens (tertiary/aromatic N) is 2. The van der Waals surface area contributed by atoms with Gasteiger partial charge in [-0.2, -0.15) is 0 Å². The molecule has 1 atom stereocenters. The summed E-state index contributed by atoms with van der Waals surface area (Å²) in [5.74, 6) is 0.157. The van der Waals surface area contributed by atoms with Crippen molar-refractivity contribution >= 4 is 0 Å². The molecule has 0 bridgehead atoms. The summed E-state index contributed by atoms with van der Waals surface area (Å²) in [5, 5.41) is 20.9. The first-order chi connectivity index (χ1) is 6.54. The van der Waals surface area contributed by atoms with Crippen LogP contribution >= 0.6 is 0 Å². The highest BCUT2D eigenvalue weighted by atomic mass is 16.6. The maximum absolute atomic E-state index is 10.4. The lowest BCUT2D eigenvalue weighted by molar-refractivity contribution is -0.518. The van der Waals surface area contributed by atoms with Gasteiger partial charge in [-0.3, -0.25) is 20.2 Å². The van der Waals surface area contributed by atoms with E-state index in [1.807, 2.05) is 0 Å². The van der Waals surface area contributed by atoms with Crippen molar-refractivity contribution in [2.75, 3.05) is 7.11 Å². The van der Waals surface area contributed by atoms with Crippen molar-refractivity contribution in [3.8, 4) is 0 Å². The Bertz CT molecular complexity index is 333. The van der Waals surface area contributed by atoms with Crippen molar-refractivity contribution in [2.24, 2.45) is 0 Å². The summed E-state index contributed by atoms with van der Waals surface area (Å²) >= 11 is 0. The van der Waals surface area contributed by atoms with Crippen molar-refractivity contribution in [3.63, 3.8) is 0 Å². The smallest absolute Gasteiger partial charge is 0.257 e. The Balaban J connectivity index is 2.94. The lowest BCUT2D eigenvalue weighted by atomic mass is 10.1. The molecule has 0 aromatic rings. The van der Waals surface area contributed by atoms with E-state index in [0.29, 0.717) is 0 Å². The van der Waals surface area contributed by atoms with Crippen LogP contribution in [0, 0.1) is 20.2 Å². The van der Waals surface area contributed by atoms with Crippen molar-refractivity contribution in [2.45, 2.75) is 12.5 Å². The monoisotopic (exact) mass is 200 g/mol. The Morgan fingerprint density at radius 3 is 2.57 bits per heavy atom. The summed E-state index contributed by atoms with van der Waals surface area (Å²) in [6.45, 7) is 0. The van der Waals surface area contributed by atoms with E-state index < -0.39 is 15.9 Å². The second-order valence-electron chi connectivity index (χ2n) is 2.72. The van der Waals surface area contributed by atoms with Crippen molar-refractivity contribution < 1.29 is 14.6 Å². The van der Waals surface area contributed by atoms with Crippen LogP contribution in [0.25, 0.3) is 0 Å². The number of nitro groups is 2. The molecule has 0 N–H and O–H groups in total. The Morgan fingerprint density at radius 1 is 1.50 bits per heavy atom. The normalized spacial score (nSPS) is 20.8. The maximum Gasteiger partial charge on any atom is 0.257 e. The topological polar surface area (TPSA) is 95.5 Å². The molecule has 76 valence electrons. The van der Waals surface area contributed by atoms with E-state index in [-0.39, 0.29) is 17.9 Å². The van der Waals surface area contributed by atoms with Crippen LogP contribution in [0.2, 0.25) is 0 Å². The molecular weight excluding hydrogens is 192 g/mol. The highest BCUT2D eigenvalue weighted by Gasteiger charge is 2.30. The summed E-state index contributed by atoms with van der Waals surface area (Å²) in [6.07, 6.45) is 2.25. The molecule has 7 heteroatoms. The van der Waals surface area contributed by atoms with Crippen molar-refractivity contribution in [1.29, 1.82) is 0 Å². The summed E-state index contributed by atoms with van der Waals surface area (Å²) in [5.41, 5.74) is -0.203. The number of hydrogen-bond donors (Lipinski definition) is 0. The first-order valence-corrected chi connectivity index (χ1v) is 3.79. The summed E-state index contributed by atoms with van der Waals surface area (Å²) in [6, 6.07) is -1.07. The molecule has 0 heterocycles. The molecule has 0 aromatic heterocycles. The average molecular weight is 200 g/mol. The first-order valence-electron chi connectivity index (χ1n) is 3.79. The van der Waals surface area contributed by atoms with E-state index in [4.69, 9.17) is 4.74 Å². The van der Waals surface area contributed by atoms with Gasteiger partial charge in [-0.15, -0.1) is 0 Å². The molecule has 0 aliphatic heterocycles. The molecule has 14 heavy (non-hydrogen) atoms. The molecule has 1 unspecified atom stereocenters.